The molecule has 2 N–H and O–H groups in total. The first-order valence-electron chi connectivity index (χ1n) is 8.26. The average Bonchev–Trinajstić information content (AvgIpc) is 2.68. The van der Waals surface area contributed by atoms with Crippen LogP contribution in [-0.4, -0.2) is 21.6 Å². The van der Waals surface area contributed by atoms with Crippen molar-refractivity contribution in [2.75, 3.05) is 11.1 Å². The van der Waals surface area contributed by atoms with E-state index in [0.717, 1.165) is 17.3 Å². The zero-order valence-electron chi connectivity index (χ0n) is 14.8. The minimum absolute atomic E-state index is 0.0143. The maximum absolute atomic E-state index is 12.9. The second-order valence-corrected chi connectivity index (χ2v) is 6.88. The van der Waals surface area contributed by atoms with Crippen molar-refractivity contribution in [1.82, 2.24) is 9.97 Å². The number of halogens is 1. The molecular formula is C20H15FN4O2S. The van der Waals surface area contributed by atoms with Gasteiger partial charge in [0.25, 0.3) is 5.56 Å². The summed E-state index contributed by atoms with van der Waals surface area (Å²) >= 11 is 1.03. The first kappa shape index (κ1) is 19.3. The van der Waals surface area contributed by atoms with Crippen molar-refractivity contribution < 1.29 is 9.18 Å². The molecule has 0 aliphatic heterocycles. The second-order valence-electron chi connectivity index (χ2n) is 5.92. The fraction of sp³-hybridized carbons (Fsp3) is 0.100. The molecule has 0 saturated heterocycles. The Balaban J connectivity index is 1.78. The van der Waals surface area contributed by atoms with Crippen molar-refractivity contribution >= 4 is 23.4 Å². The van der Waals surface area contributed by atoms with E-state index in [9.17, 15) is 19.2 Å². The number of rotatable bonds is 5. The van der Waals surface area contributed by atoms with E-state index in [4.69, 9.17) is 0 Å². The third-order valence-corrected chi connectivity index (χ3v) is 4.68. The molecule has 0 fully saturated rings. The molecule has 0 saturated carbocycles. The largest absolute Gasteiger partial charge is 0.325 e. The Hall–Kier alpha value is -3.44. The number of nitriles is 1. The van der Waals surface area contributed by atoms with Crippen LogP contribution in [0.3, 0.4) is 0 Å². The van der Waals surface area contributed by atoms with Gasteiger partial charge in [-0.05, 0) is 31.2 Å². The molecule has 0 aliphatic rings. The van der Waals surface area contributed by atoms with Crippen molar-refractivity contribution in [3.8, 4) is 17.3 Å². The number of nitrogens with zero attached hydrogens (tertiary/aromatic N) is 2. The molecule has 6 nitrogen and oxygen atoms in total. The van der Waals surface area contributed by atoms with Crippen LogP contribution in [0.5, 0.6) is 0 Å². The van der Waals surface area contributed by atoms with Crippen LogP contribution in [0.2, 0.25) is 0 Å². The van der Waals surface area contributed by atoms with Gasteiger partial charge < -0.3 is 10.3 Å². The van der Waals surface area contributed by atoms with Crippen LogP contribution < -0.4 is 10.9 Å². The number of carbonyl (C=O) groups excluding carboxylic acids is 1. The van der Waals surface area contributed by atoms with Crippen molar-refractivity contribution in [1.29, 1.82) is 5.26 Å². The van der Waals surface area contributed by atoms with Gasteiger partial charge in [0.05, 0.1) is 11.4 Å². The molecular weight excluding hydrogens is 379 g/mol. The molecule has 3 aromatic rings. The highest BCUT2D eigenvalue weighted by molar-refractivity contribution is 7.99. The molecule has 0 unspecified atom stereocenters. The Bertz CT molecular complexity index is 1100. The van der Waals surface area contributed by atoms with Gasteiger partial charge in [-0.25, -0.2) is 9.37 Å². The molecule has 0 aliphatic carbocycles. The van der Waals surface area contributed by atoms with E-state index in [1.165, 1.54) is 24.3 Å². The van der Waals surface area contributed by atoms with Gasteiger partial charge >= 0.3 is 0 Å². The number of nitrogens with one attached hydrogen (secondary N) is 2. The summed E-state index contributed by atoms with van der Waals surface area (Å²) in [5.41, 5.74) is 1.78. The highest BCUT2D eigenvalue weighted by Gasteiger charge is 2.14. The van der Waals surface area contributed by atoms with Crippen LogP contribution in [0.1, 0.15) is 11.1 Å². The number of carbonyl (C=O) groups is 1. The number of aryl methyl sites for hydroxylation is 1. The van der Waals surface area contributed by atoms with Crippen molar-refractivity contribution in [2.45, 2.75) is 12.1 Å². The lowest BCUT2D eigenvalue weighted by Gasteiger charge is -2.07. The maximum atomic E-state index is 12.9. The fourth-order valence-corrected chi connectivity index (χ4v) is 3.07. The van der Waals surface area contributed by atoms with E-state index >= 15 is 0 Å². The fourth-order valence-electron chi connectivity index (χ4n) is 2.41. The summed E-state index contributed by atoms with van der Waals surface area (Å²) in [5, 5.41) is 12.2. The SMILES string of the molecule is Cc1ccc(-c2nc(SCC(=O)Nc3ccc(F)cc3)[nH]c(=O)c2C#N)cc1. The number of hydrogen-bond donors (Lipinski definition) is 2. The van der Waals surface area contributed by atoms with Gasteiger partial charge in [-0.15, -0.1) is 0 Å². The molecule has 1 amide bonds. The van der Waals surface area contributed by atoms with E-state index < -0.39 is 11.4 Å². The van der Waals surface area contributed by atoms with Crippen LogP contribution in [0.25, 0.3) is 11.3 Å². The van der Waals surface area contributed by atoms with Crippen LogP contribution >= 0.6 is 11.8 Å². The topological polar surface area (TPSA) is 98.6 Å². The van der Waals surface area contributed by atoms with Crippen LogP contribution in [0.4, 0.5) is 10.1 Å². The number of H-pyrrole nitrogens is 1. The lowest BCUT2D eigenvalue weighted by atomic mass is 10.1. The number of thioether (sulfide) groups is 1. The predicted molar refractivity (Wildman–Crippen MR) is 105 cm³/mol. The van der Waals surface area contributed by atoms with E-state index in [2.05, 4.69) is 15.3 Å². The van der Waals surface area contributed by atoms with Crippen LogP contribution in [0, 0.1) is 24.1 Å². The third-order valence-electron chi connectivity index (χ3n) is 3.80. The van der Waals surface area contributed by atoms with Crippen molar-refractivity contribution in [3.63, 3.8) is 0 Å². The van der Waals surface area contributed by atoms with Gasteiger partial charge in [0.1, 0.15) is 17.4 Å². The molecule has 2 aromatic carbocycles. The van der Waals surface area contributed by atoms with E-state index in [0.29, 0.717) is 11.3 Å². The van der Waals surface area contributed by atoms with Gasteiger partial charge in [-0.3, -0.25) is 9.59 Å². The molecule has 8 heteroatoms. The monoisotopic (exact) mass is 394 g/mol. The number of anilines is 1. The molecule has 1 heterocycles. The Morgan fingerprint density at radius 2 is 1.89 bits per heavy atom. The third kappa shape index (κ3) is 4.64. The molecule has 0 bridgehead atoms. The molecule has 0 radical (unpaired) electrons. The standard InChI is InChI=1S/C20H15FN4O2S/c1-12-2-4-13(5-3-12)18-16(10-22)19(27)25-20(24-18)28-11-17(26)23-15-8-6-14(21)7-9-15/h2-9H,11H2,1H3,(H,23,26)(H,24,25,27). The van der Waals surface area contributed by atoms with E-state index in [1.807, 2.05) is 25.1 Å². The van der Waals surface area contributed by atoms with Crippen LogP contribution in [0.15, 0.2) is 58.5 Å². The summed E-state index contributed by atoms with van der Waals surface area (Å²) in [6.45, 7) is 1.93. The molecule has 28 heavy (non-hydrogen) atoms. The minimum Gasteiger partial charge on any atom is -0.325 e. The molecule has 3 rings (SSSR count). The molecule has 0 atom stereocenters. The average molecular weight is 394 g/mol. The quantitative estimate of drug-likeness (QED) is 0.510. The smallest absolute Gasteiger partial charge is 0.270 e. The van der Waals surface area contributed by atoms with Gasteiger partial charge in [0.15, 0.2) is 5.16 Å². The van der Waals surface area contributed by atoms with Gasteiger partial charge in [0, 0.05) is 11.3 Å². The molecule has 1 aromatic heterocycles. The minimum atomic E-state index is -0.561. The lowest BCUT2D eigenvalue weighted by molar-refractivity contribution is -0.113. The first-order valence-corrected chi connectivity index (χ1v) is 9.24. The number of aromatic nitrogens is 2. The van der Waals surface area contributed by atoms with Gasteiger partial charge in [0.2, 0.25) is 5.91 Å². The number of aromatic amines is 1. The van der Waals surface area contributed by atoms with Gasteiger partial charge in [-0.2, -0.15) is 5.26 Å². The second kappa shape index (κ2) is 8.50. The lowest BCUT2D eigenvalue weighted by Crippen LogP contribution is -2.17. The summed E-state index contributed by atoms with van der Waals surface area (Å²) in [6.07, 6.45) is 0. The number of amides is 1. The maximum Gasteiger partial charge on any atom is 0.270 e. The number of hydrogen-bond acceptors (Lipinski definition) is 5. The normalized spacial score (nSPS) is 10.3. The predicted octanol–water partition coefficient (Wildman–Crippen LogP) is 3.49. The summed E-state index contributed by atoms with van der Waals surface area (Å²) in [7, 11) is 0. The van der Waals surface area contributed by atoms with E-state index in [1.54, 1.807) is 12.1 Å². The highest BCUT2D eigenvalue weighted by atomic mass is 32.2. The van der Waals surface area contributed by atoms with Crippen molar-refractivity contribution in [2.24, 2.45) is 0 Å². The highest BCUT2D eigenvalue weighted by Crippen LogP contribution is 2.22. The summed E-state index contributed by atoms with van der Waals surface area (Å²) in [4.78, 5) is 31.2. The molecule has 0 spiro atoms. The Kier molecular flexibility index (Phi) is 5.87. The Morgan fingerprint density at radius 3 is 2.54 bits per heavy atom. The summed E-state index contributed by atoms with van der Waals surface area (Å²) in [5.74, 6) is -0.740. The zero-order valence-corrected chi connectivity index (χ0v) is 15.6. The summed E-state index contributed by atoms with van der Waals surface area (Å²) < 4.78 is 12.9. The van der Waals surface area contributed by atoms with E-state index in [-0.39, 0.29) is 28.1 Å². The van der Waals surface area contributed by atoms with Gasteiger partial charge in [-0.1, -0.05) is 41.6 Å². The van der Waals surface area contributed by atoms with Crippen molar-refractivity contribution in [3.05, 3.63) is 75.8 Å². The Labute approximate surface area is 164 Å². The van der Waals surface area contributed by atoms with Crippen LogP contribution in [-0.2, 0) is 4.79 Å². The summed E-state index contributed by atoms with van der Waals surface area (Å²) in [6, 6.07) is 14.6. The first-order chi connectivity index (χ1) is 13.5. The molecule has 140 valence electrons. The number of benzene rings is 2. The zero-order chi connectivity index (χ0) is 20.1. The Morgan fingerprint density at radius 1 is 1.21 bits per heavy atom.